The summed E-state index contributed by atoms with van der Waals surface area (Å²) in [5, 5.41) is 1.97. The molecule has 2 aromatic rings. The molecule has 1 amide bonds. The maximum absolute atomic E-state index is 13.0. The summed E-state index contributed by atoms with van der Waals surface area (Å²) in [7, 11) is 0. The van der Waals surface area contributed by atoms with Crippen molar-refractivity contribution < 1.29 is 18.0 Å². The Morgan fingerprint density at radius 3 is 2.55 bits per heavy atom. The van der Waals surface area contributed by atoms with Gasteiger partial charge in [-0.2, -0.15) is 13.2 Å². The third-order valence-corrected chi connectivity index (χ3v) is 3.37. The molecule has 1 N–H and O–H groups in total. The summed E-state index contributed by atoms with van der Waals surface area (Å²) in [6.07, 6.45) is -3.78. The van der Waals surface area contributed by atoms with Crippen molar-refractivity contribution in [1.29, 1.82) is 0 Å². The lowest BCUT2D eigenvalue weighted by molar-refractivity contribution is -0.137. The van der Waals surface area contributed by atoms with E-state index in [9.17, 15) is 18.0 Å². The number of halogens is 4. The van der Waals surface area contributed by atoms with Crippen LogP contribution in [0.3, 0.4) is 0 Å². The van der Waals surface area contributed by atoms with E-state index in [1.807, 2.05) is 13.0 Å². The van der Waals surface area contributed by atoms with Crippen molar-refractivity contribution >= 4 is 23.2 Å². The van der Waals surface area contributed by atoms with Crippen LogP contribution in [0, 0.1) is 13.8 Å². The number of alkyl halides is 3. The largest absolute Gasteiger partial charge is 0.417 e. The van der Waals surface area contributed by atoms with Crippen molar-refractivity contribution in [3.8, 4) is 0 Å². The zero-order valence-corrected chi connectivity index (χ0v) is 12.5. The van der Waals surface area contributed by atoms with Crippen LogP contribution in [0.1, 0.15) is 27.0 Å². The molecule has 0 fully saturated rings. The van der Waals surface area contributed by atoms with Gasteiger partial charge < -0.3 is 5.32 Å². The molecule has 3 nitrogen and oxygen atoms in total. The molecule has 0 bridgehead atoms. The molecule has 1 aromatic heterocycles. The second-order valence-electron chi connectivity index (χ2n) is 4.79. The summed E-state index contributed by atoms with van der Waals surface area (Å²) in [6.45, 7) is 3.55. The summed E-state index contributed by atoms with van der Waals surface area (Å²) in [6, 6.07) is 6.00. The van der Waals surface area contributed by atoms with Crippen LogP contribution in [-0.2, 0) is 6.18 Å². The van der Waals surface area contributed by atoms with Gasteiger partial charge in [0.25, 0.3) is 5.91 Å². The SMILES string of the molecule is Cc1ccc(C)c(NC(=O)c2c(C(F)(F)F)ccnc2Cl)c1. The first-order valence-electron chi connectivity index (χ1n) is 6.30. The number of aromatic nitrogens is 1. The number of benzene rings is 1. The number of anilines is 1. The highest BCUT2D eigenvalue weighted by Crippen LogP contribution is 2.34. The lowest BCUT2D eigenvalue weighted by Gasteiger charge is -2.14. The maximum Gasteiger partial charge on any atom is 0.417 e. The van der Waals surface area contributed by atoms with Crippen molar-refractivity contribution in [2.24, 2.45) is 0 Å². The summed E-state index contributed by atoms with van der Waals surface area (Å²) >= 11 is 5.70. The molecule has 0 atom stereocenters. The summed E-state index contributed by atoms with van der Waals surface area (Å²) in [4.78, 5) is 15.8. The summed E-state index contributed by atoms with van der Waals surface area (Å²) in [5.41, 5.74) is 0.229. The second kappa shape index (κ2) is 5.96. The van der Waals surface area contributed by atoms with Gasteiger partial charge in [0, 0.05) is 11.9 Å². The highest BCUT2D eigenvalue weighted by Gasteiger charge is 2.36. The summed E-state index contributed by atoms with van der Waals surface area (Å²) < 4.78 is 39.0. The van der Waals surface area contributed by atoms with E-state index in [2.05, 4.69) is 10.3 Å². The number of pyridine rings is 1. The fraction of sp³-hybridized carbons (Fsp3) is 0.200. The molecule has 1 aromatic carbocycles. The number of aryl methyl sites for hydroxylation is 2. The van der Waals surface area contributed by atoms with Gasteiger partial charge in [0.1, 0.15) is 5.15 Å². The van der Waals surface area contributed by atoms with Gasteiger partial charge in [-0.1, -0.05) is 23.7 Å². The Hall–Kier alpha value is -2.08. The standard InChI is InChI=1S/C15H12ClF3N2O/c1-8-3-4-9(2)11(7-8)21-14(22)12-10(15(17,18)19)5-6-20-13(12)16/h3-7H,1-2H3,(H,21,22). The van der Waals surface area contributed by atoms with Crippen molar-refractivity contribution in [2.75, 3.05) is 5.32 Å². The first kappa shape index (κ1) is 16.3. The number of hydrogen-bond donors (Lipinski definition) is 1. The Labute approximate surface area is 130 Å². The normalized spacial score (nSPS) is 11.4. The van der Waals surface area contributed by atoms with Crippen LogP contribution in [0.15, 0.2) is 30.5 Å². The van der Waals surface area contributed by atoms with Crippen molar-refractivity contribution in [2.45, 2.75) is 20.0 Å². The number of rotatable bonds is 2. The molecular formula is C15H12ClF3N2O. The van der Waals surface area contributed by atoms with Gasteiger partial charge in [-0.3, -0.25) is 4.79 Å². The van der Waals surface area contributed by atoms with Gasteiger partial charge >= 0.3 is 6.18 Å². The monoisotopic (exact) mass is 328 g/mol. The lowest BCUT2D eigenvalue weighted by atomic mass is 10.1. The molecule has 0 unspecified atom stereocenters. The topological polar surface area (TPSA) is 42.0 Å². The molecule has 0 spiro atoms. The van der Waals surface area contributed by atoms with Crippen molar-refractivity contribution in [1.82, 2.24) is 4.98 Å². The molecule has 0 aliphatic rings. The fourth-order valence-electron chi connectivity index (χ4n) is 1.94. The van der Waals surface area contributed by atoms with E-state index < -0.39 is 28.4 Å². The van der Waals surface area contributed by atoms with Gasteiger partial charge in [-0.05, 0) is 37.1 Å². The van der Waals surface area contributed by atoms with Crippen molar-refractivity contribution in [3.63, 3.8) is 0 Å². The van der Waals surface area contributed by atoms with Crippen LogP contribution in [0.5, 0.6) is 0 Å². The maximum atomic E-state index is 13.0. The Morgan fingerprint density at radius 2 is 1.91 bits per heavy atom. The average molecular weight is 329 g/mol. The van der Waals surface area contributed by atoms with E-state index >= 15 is 0 Å². The lowest BCUT2D eigenvalue weighted by Crippen LogP contribution is -2.20. The molecule has 0 saturated heterocycles. The zero-order valence-electron chi connectivity index (χ0n) is 11.8. The molecule has 1 heterocycles. The number of nitrogens with zero attached hydrogens (tertiary/aromatic N) is 1. The van der Waals surface area contributed by atoms with Gasteiger partial charge in [0.05, 0.1) is 11.1 Å². The Kier molecular flexibility index (Phi) is 4.42. The van der Waals surface area contributed by atoms with Gasteiger partial charge in [-0.25, -0.2) is 4.98 Å². The van der Waals surface area contributed by atoms with E-state index in [0.29, 0.717) is 5.69 Å². The number of carbonyl (C=O) groups is 1. The highest BCUT2D eigenvalue weighted by atomic mass is 35.5. The minimum absolute atomic E-state index is 0.429. The quantitative estimate of drug-likeness (QED) is 0.817. The van der Waals surface area contributed by atoms with Crippen LogP contribution in [-0.4, -0.2) is 10.9 Å². The van der Waals surface area contributed by atoms with Crippen LogP contribution in [0.2, 0.25) is 5.15 Å². The van der Waals surface area contributed by atoms with Crippen LogP contribution < -0.4 is 5.32 Å². The number of carbonyl (C=O) groups excluding carboxylic acids is 1. The number of amides is 1. The smallest absolute Gasteiger partial charge is 0.322 e. The molecule has 7 heteroatoms. The molecule has 0 radical (unpaired) electrons. The van der Waals surface area contributed by atoms with Crippen LogP contribution in [0.4, 0.5) is 18.9 Å². The molecule has 0 aliphatic heterocycles. The predicted molar refractivity (Wildman–Crippen MR) is 78.1 cm³/mol. The third kappa shape index (κ3) is 3.39. The molecular weight excluding hydrogens is 317 g/mol. The summed E-state index contributed by atoms with van der Waals surface area (Å²) in [5.74, 6) is -0.945. The Balaban J connectivity index is 2.44. The van der Waals surface area contributed by atoms with E-state index in [0.717, 1.165) is 23.4 Å². The average Bonchev–Trinajstić information content (AvgIpc) is 2.41. The Bertz CT molecular complexity index is 729. The van der Waals surface area contributed by atoms with E-state index in [1.54, 1.807) is 19.1 Å². The minimum Gasteiger partial charge on any atom is -0.322 e. The second-order valence-corrected chi connectivity index (χ2v) is 5.15. The van der Waals surface area contributed by atoms with E-state index in [-0.39, 0.29) is 0 Å². The molecule has 0 saturated carbocycles. The third-order valence-electron chi connectivity index (χ3n) is 3.08. The first-order chi connectivity index (χ1) is 10.2. The zero-order chi connectivity index (χ0) is 16.5. The Morgan fingerprint density at radius 1 is 1.23 bits per heavy atom. The molecule has 0 aliphatic carbocycles. The van der Waals surface area contributed by atoms with Gasteiger partial charge in [0.15, 0.2) is 0 Å². The number of nitrogens with one attached hydrogen (secondary N) is 1. The first-order valence-corrected chi connectivity index (χ1v) is 6.68. The molecule has 2 rings (SSSR count). The van der Waals surface area contributed by atoms with Crippen molar-refractivity contribution in [3.05, 3.63) is 57.9 Å². The predicted octanol–water partition coefficient (Wildman–Crippen LogP) is 4.62. The number of hydrogen-bond acceptors (Lipinski definition) is 2. The van der Waals surface area contributed by atoms with Gasteiger partial charge in [-0.15, -0.1) is 0 Å². The van der Waals surface area contributed by atoms with E-state index in [1.165, 1.54) is 0 Å². The molecule has 22 heavy (non-hydrogen) atoms. The highest BCUT2D eigenvalue weighted by molar-refractivity contribution is 6.33. The van der Waals surface area contributed by atoms with Crippen LogP contribution >= 0.6 is 11.6 Å². The van der Waals surface area contributed by atoms with E-state index in [4.69, 9.17) is 11.6 Å². The molecule has 116 valence electrons. The minimum atomic E-state index is -4.69. The van der Waals surface area contributed by atoms with Crippen LogP contribution in [0.25, 0.3) is 0 Å². The van der Waals surface area contributed by atoms with Gasteiger partial charge in [0.2, 0.25) is 0 Å². The fourth-order valence-corrected chi connectivity index (χ4v) is 2.19.